The second kappa shape index (κ2) is 7.95. The van der Waals surface area contributed by atoms with Crippen molar-refractivity contribution in [1.29, 1.82) is 0 Å². The maximum atomic E-state index is 13.5. The predicted molar refractivity (Wildman–Crippen MR) is 117 cm³/mol. The lowest BCUT2D eigenvalue weighted by molar-refractivity contribution is -0.148. The smallest absolute Gasteiger partial charge is 0.244 e. The number of rotatable bonds is 6. The van der Waals surface area contributed by atoms with Crippen LogP contribution in [0.3, 0.4) is 0 Å². The Morgan fingerprint density at radius 1 is 0.935 bits per heavy atom. The highest BCUT2D eigenvalue weighted by Crippen LogP contribution is 2.56. The van der Waals surface area contributed by atoms with E-state index in [1.54, 1.807) is 0 Å². The van der Waals surface area contributed by atoms with E-state index < -0.39 is 6.04 Å². The molecule has 3 fully saturated rings. The second-order valence-electron chi connectivity index (χ2n) is 9.28. The molecule has 1 aliphatic heterocycles. The Morgan fingerprint density at radius 3 is 2.06 bits per heavy atom. The third kappa shape index (κ3) is 3.46. The Kier molecular flexibility index (Phi) is 5.12. The summed E-state index contributed by atoms with van der Waals surface area (Å²) >= 11 is 0. The highest BCUT2D eigenvalue weighted by molar-refractivity contribution is 6.09. The molecule has 160 valence electrons. The summed E-state index contributed by atoms with van der Waals surface area (Å²) in [5.74, 6) is -0.362. The van der Waals surface area contributed by atoms with Crippen molar-refractivity contribution in [2.45, 2.75) is 44.7 Å². The summed E-state index contributed by atoms with van der Waals surface area (Å²) in [6.07, 6.45) is 3.38. The molecule has 5 nitrogen and oxygen atoms in total. The monoisotopic (exact) mass is 416 g/mol. The number of fused-ring (bicyclic) bond motifs is 5. The summed E-state index contributed by atoms with van der Waals surface area (Å²) in [5.41, 5.74) is 1.93. The SMILES string of the molecule is C[C@H](NC(=O)[C@@H](Cc1ccccc1)N1C(=O)[C@@H]2[C@H]3CC[C@H](C3)[C@@H]2C1=O)c1ccccc1. The molecule has 0 unspecified atom stereocenters. The Morgan fingerprint density at radius 2 is 1.48 bits per heavy atom. The van der Waals surface area contributed by atoms with Crippen molar-refractivity contribution in [3.63, 3.8) is 0 Å². The fourth-order valence-corrected chi connectivity index (χ4v) is 6.01. The Labute approximate surface area is 182 Å². The summed E-state index contributed by atoms with van der Waals surface area (Å²) in [6, 6.07) is 18.3. The zero-order valence-corrected chi connectivity index (χ0v) is 17.7. The maximum absolute atomic E-state index is 13.5. The third-order valence-electron chi connectivity index (χ3n) is 7.51. The van der Waals surface area contributed by atoms with Gasteiger partial charge in [0.1, 0.15) is 6.04 Å². The standard InChI is InChI=1S/C26H28N2O3/c1-16(18-10-6-3-7-11-18)27-24(29)21(14-17-8-4-2-5-9-17)28-25(30)22-19-12-13-20(15-19)23(22)26(28)31/h2-11,16,19-23H,12-15H2,1H3,(H,27,29)/t16-,19-,20+,21+,22+,23-/m0/s1. The minimum absolute atomic E-state index is 0.134. The average Bonchev–Trinajstić information content (AvgIpc) is 3.47. The van der Waals surface area contributed by atoms with Gasteiger partial charge in [-0.1, -0.05) is 60.7 Å². The lowest BCUT2D eigenvalue weighted by Gasteiger charge is -2.28. The zero-order chi connectivity index (χ0) is 21.5. The van der Waals surface area contributed by atoms with Crippen molar-refractivity contribution in [2.24, 2.45) is 23.7 Å². The number of likely N-dealkylation sites (tertiary alicyclic amines) is 1. The van der Waals surface area contributed by atoms with Gasteiger partial charge in [0.25, 0.3) is 0 Å². The van der Waals surface area contributed by atoms with Gasteiger partial charge in [0, 0.05) is 6.42 Å². The summed E-state index contributed by atoms with van der Waals surface area (Å²) in [4.78, 5) is 41.6. The van der Waals surface area contributed by atoms with E-state index in [1.165, 1.54) is 4.90 Å². The average molecular weight is 417 g/mol. The summed E-state index contributed by atoms with van der Waals surface area (Å²) in [7, 11) is 0. The highest BCUT2D eigenvalue weighted by atomic mass is 16.2. The third-order valence-corrected chi connectivity index (χ3v) is 7.51. The van der Waals surface area contributed by atoms with Gasteiger partial charge in [0.2, 0.25) is 17.7 Å². The van der Waals surface area contributed by atoms with E-state index in [0.717, 1.165) is 30.4 Å². The van der Waals surface area contributed by atoms with Crippen molar-refractivity contribution < 1.29 is 14.4 Å². The van der Waals surface area contributed by atoms with Crippen LogP contribution in [-0.4, -0.2) is 28.7 Å². The molecule has 2 bridgehead atoms. The molecule has 0 spiro atoms. The molecule has 5 rings (SSSR count). The van der Waals surface area contributed by atoms with E-state index in [0.29, 0.717) is 18.3 Å². The van der Waals surface area contributed by atoms with Crippen LogP contribution in [0.2, 0.25) is 0 Å². The molecule has 2 aromatic rings. The lowest BCUT2D eigenvalue weighted by Crippen LogP contribution is -2.52. The zero-order valence-electron chi connectivity index (χ0n) is 17.7. The molecule has 3 amide bonds. The lowest BCUT2D eigenvalue weighted by atomic mass is 9.81. The van der Waals surface area contributed by atoms with Gasteiger partial charge < -0.3 is 5.32 Å². The van der Waals surface area contributed by atoms with Crippen LogP contribution >= 0.6 is 0 Å². The number of benzene rings is 2. The van der Waals surface area contributed by atoms with Crippen molar-refractivity contribution in [2.75, 3.05) is 0 Å². The normalized spacial score (nSPS) is 28.5. The topological polar surface area (TPSA) is 66.5 Å². The van der Waals surface area contributed by atoms with Gasteiger partial charge in [-0.05, 0) is 49.1 Å². The van der Waals surface area contributed by atoms with Crippen molar-refractivity contribution in [3.8, 4) is 0 Å². The quantitative estimate of drug-likeness (QED) is 0.733. The van der Waals surface area contributed by atoms with E-state index in [1.807, 2.05) is 67.6 Å². The minimum atomic E-state index is -0.821. The van der Waals surface area contributed by atoms with Crippen LogP contribution in [0.4, 0.5) is 0 Å². The van der Waals surface area contributed by atoms with Gasteiger partial charge in [-0.25, -0.2) is 0 Å². The highest BCUT2D eigenvalue weighted by Gasteiger charge is 2.62. The van der Waals surface area contributed by atoms with Crippen molar-refractivity contribution in [3.05, 3.63) is 71.8 Å². The molecule has 1 N–H and O–H groups in total. The van der Waals surface area contributed by atoms with Gasteiger partial charge in [-0.2, -0.15) is 0 Å². The van der Waals surface area contributed by atoms with Crippen LogP contribution in [0.25, 0.3) is 0 Å². The van der Waals surface area contributed by atoms with E-state index >= 15 is 0 Å². The van der Waals surface area contributed by atoms with Crippen LogP contribution in [0.1, 0.15) is 43.4 Å². The number of nitrogens with zero attached hydrogens (tertiary/aromatic N) is 1. The summed E-state index contributed by atoms with van der Waals surface area (Å²) in [5, 5.41) is 3.05. The molecule has 0 aromatic heterocycles. The van der Waals surface area contributed by atoms with Crippen LogP contribution in [0.15, 0.2) is 60.7 Å². The van der Waals surface area contributed by atoms with Gasteiger partial charge in [0.15, 0.2) is 0 Å². The van der Waals surface area contributed by atoms with E-state index in [-0.39, 0.29) is 35.6 Å². The van der Waals surface area contributed by atoms with E-state index in [9.17, 15) is 14.4 Å². The molecular weight excluding hydrogens is 388 g/mol. The summed E-state index contributed by atoms with van der Waals surface area (Å²) < 4.78 is 0. The van der Waals surface area contributed by atoms with E-state index in [4.69, 9.17) is 0 Å². The molecular formula is C26H28N2O3. The van der Waals surface area contributed by atoms with Crippen molar-refractivity contribution in [1.82, 2.24) is 10.2 Å². The molecule has 2 aliphatic carbocycles. The number of carbonyl (C=O) groups is 3. The summed E-state index contributed by atoms with van der Waals surface area (Å²) in [6.45, 7) is 1.93. The number of hydrogen-bond acceptors (Lipinski definition) is 3. The maximum Gasteiger partial charge on any atom is 0.244 e. The van der Waals surface area contributed by atoms with Crippen LogP contribution in [-0.2, 0) is 20.8 Å². The van der Waals surface area contributed by atoms with E-state index in [2.05, 4.69) is 5.32 Å². The number of hydrogen-bond donors (Lipinski definition) is 1. The molecule has 3 aliphatic rings. The second-order valence-corrected chi connectivity index (χ2v) is 9.28. The van der Waals surface area contributed by atoms with Crippen LogP contribution < -0.4 is 5.32 Å². The number of carbonyl (C=O) groups excluding carboxylic acids is 3. The molecule has 1 heterocycles. The molecule has 2 saturated carbocycles. The van der Waals surface area contributed by atoms with Gasteiger partial charge in [-0.3, -0.25) is 19.3 Å². The largest absolute Gasteiger partial charge is 0.348 e. The predicted octanol–water partition coefficient (Wildman–Crippen LogP) is 3.51. The molecule has 6 atom stereocenters. The number of amides is 3. The first-order chi connectivity index (χ1) is 15.0. The first-order valence-corrected chi connectivity index (χ1v) is 11.3. The van der Waals surface area contributed by atoms with Crippen LogP contribution in [0.5, 0.6) is 0 Å². The van der Waals surface area contributed by atoms with Crippen molar-refractivity contribution >= 4 is 17.7 Å². The van der Waals surface area contributed by atoms with Gasteiger partial charge >= 0.3 is 0 Å². The fourth-order valence-electron chi connectivity index (χ4n) is 6.01. The minimum Gasteiger partial charge on any atom is -0.348 e. The van der Waals surface area contributed by atoms with Crippen LogP contribution in [0, 0.1) is 23.7 Å². The Bertz CT molecular complexity index is 962. The molecule has 5 heteroatoms. The Balaban J connectivity index is 1.43. The number of nitrogens with one attached hydrogen (secondary N) is 1. The number of imide groups is 1. The molecule has 1 saturated heterocycles. The molecule has 0 radical (unpaired) electrons. The first kappa shape index (κ1) is 20.0. The van der Waals surface area contributed by atoms with Gasteiger partial charge in [-0.15, -0.1) is 0 Å². The Hall–Kier alpha value is -2.95. The van der Waals surface area contributed by atoms with Gasteiger partial charge in [0.05, 0.1) is 17.9 Å². The molecule has 31 heavy (non-hydrogen) atoms. The first-order valence-electron chi connectivity index (χ1n) is 11.3. The molecule has 2 aromatic carbocycles. The fraction of sp³-hybridized carbons (Fsp3) is 0.423.